The van der Waals surface area contributed by atoms with Gasteiger partial charge in [0.15, 0.2) is 5.96 Å². The van der Waals surface area contributed by atoms with Gasteiger partial charge in [0.1, 0.15) is 10.8 Å². The second kappa shape index (κ2) is 13.0. The average molecular weight is 526 g/mol. The van der Waals surface area contributed by atoms with Gasteiger partial charge in [0.05, 0.1) is 6.04 Å². The second-order valence-electron chi connectivity index (χ2n) is 7.62. The lowest BCUT2D eigenvalue weighted by Crippen LogP contribution is -2.50. The van der Waals surface area contributed by atoms with Crippen molar-refractivity contribution in [3.8, 4) is 0 Å². The van der Waals surface area contributed by atoms with E-state index in [1.807, 2.05) is 40.7 Å². The fourth-order valence-corrected chi connectivity index (χ4v) is 2.33. The van der Waals surface area contributed by atoms with Crippen LogP contribution in [0, 0.1) is 5.92 Å². The van der Waals surface area contributed by atoms with Crippen molar-refractivity contribution in [1.29, 1.82) is 0 Å². The molecule has 1 heterocycles. The summed E-state index contributed by atoms with van der Waals surface area (Å²) < 4.78 is 5.33. The lowest BCUT2D eigenvalue weighted by Gasteiger charge is -2.26. The van der Waals surface area contributed by atoms with Gasteiger partial charge in [-0.15, -0.1) is 24.0 Å². The molecule has 0 saturated carbocycles. The second-order valence-corrected chi connectivity index (χ2v) is 8.00. The number of amides is 1. The molecule has 0 aromatic carbocycles. The molecular weight excluding hydrogens is 493 g/mol. The third kappa shape index (κ3) is 11.5. The third-order valence-corrected chi connectivity index (χ3v) is 3.94. The number of halogens is 2. The predicted octanol–water partition coefficient (Wildman–Crippen LogP) is 3.61. The number of carbonyl (C=O) groups is 1. The molecule has 0 bridgehead atoms. The van der Waals surface area contributed by atoms with Crippen LogP contribution in [0.1, 0.15) is 40.2 Å². The SMILES string of the molecule is CN=C(NCCc1ccc(Cl)nc1)NCC(NC(=O)OC(C)(C)C)C(C)C.I. The highest BCUT2D eigenvalue weighted by atomic mass is 127. The van der Waals surface area contributed by atoms with Crippen LogP contribution in [-0.4, -0.2) is 48.8 Å². The van der Waals surface area contributed by atoms with Crippen molar-refractivity contribution >= 4 is 47.6 Å². The van der Waals surface area contributed by atoms with Gasteiger partial charge in [-0.3, -0.25) is 4.99 Å². The standard InChI is InChI=1S/C19H32ClN5O2.HI/c1-13(2)15(25-18(26)27-19(3,4)5)12-24-17(21-6)22-10-9-14-7-8-16(20)23-11-14;/h7-8,11,13,15H,9-10,12H2,1-6H3,(H,25,26)(H2,21,22,24);1H. The van der Waals surface area contributed by atoms with Crippen LogP contribution >= 0.6 is 35.6 Å². The summed E-state index contributed by atoms with van der Waals surface area (Å²) >= 11 is 5.79. The van der Waals surface area contributed by atoms with E-state index in [2.05, 4.69) is 25.9 Å². The van der Waals surface area contributed by atoms with Crippen molar-refractivity contribution in [2.24, 2.45) is 10.9 Å². The molecule has 0 aliphatic heterocycles. The molecule has 1 amide bonds. The zero-order valence-corrected chi connectivity index (χ0v) is 20.6. The lowest BCUT2D eigenvalue weighted by molar-refractivity contribution is 0.0491. The molecule has 1 aromatic heterocycles. The normalized spacial score (nSPS) is 12.8. The largest absolute Gasteiger partial charge is 0.444 e. The van der Waals surface area contributed by atoms with Crippen molar-refractivity contribution in [3.05, 3.63) is 29.0 Å². The van der Waals surface area contributed by atoms with Gasteiger partial charge < -0.3 is 20.7 Å². The van der Waals surface area contributed by atoms with Crippen LogP contribution in [0.2, 0.25) is 5.15 Å². The molecule has 160 valence electrons. The Balaban J connectivity index is 0.00000729. The minimum atomic E-state index is -0.521. The average Bonchev–Trinajstić information content (AvgIpc) is 2.56. The number of pyridine rings is 1. The Kier molecular flexibility index (Phi) is 12.4. The highest BCUT2D eigenvalue weighted by molar-refractivity contribution is 14.0. The summed E-state index contributed by atoms with van der Waals surface area (Å²) in [7, 11) is 1.71. The van der Waals surface area contributed by atoms with Crippen molar-refractivity contribution < 1.29 is 9.53 Å². The number of hydrogen-bond acceptors (Lipinski definition) is 4. The predicted molar refractivity (Wildman–Crippen MR) is 126 cm³/mol. The molecule has 28 heavy (non-hydrogen) atoms. The van der Waals surface area contributed by atoms with Gasteiger partial charge in [-0.05, 0) is 44.7 Å². The Bertz CT molecular complexity index is 618. The van der Waals surface area contributed by atoms with Crippen LogP contribution in [0.15, 0.2) is 23.3 Å². The lowest BCUT2D eigenvalue weighted by atomic mass is 10.0. The quantitative estimate of drug-likeness (QED) is 0.219. The Morgan fingerprint density at radius 3 is 2.46 bits per heavy atom. The van der Waals surface area contributed by atoms with Crippen molar-refractivity contribution in [2.45, 2.75) is 52.7 Å². The first-order chi connectivity index (χ1) is 12.6. The van der Waals surface area contributed by atoms with Crippen molar-refractivity contribution in [3.63, 3.8) is 0 Å². The van der Waals surface area contributed by atoms with Gasteiger partial charge in [-0.2, -0.15) is 0 Å². The maximum Gasteiger partial charge on any atom is 0.407 e. The zero-order chi connectivity index (χ0) is 20.4. The molecule has 0 saturated heterocycles. The van der Waals surface area contributed by atoms with Crippen LogP contribution in [-0.2, 0) is 11.2 Å². The van der Waals surface area contributed by atoms with Crippen LogP contribution in [0.3, 0.4) is 0 Å². The summed E-state index contributed by atoms with van der Waals surface area (Å²) in [6, 6.07) is 3.64. The van der Waals surface area contributed by atoms with Crippen LogP contribution in [0.4, 0.5) is 4.79 Å². The van der Waals surface area contributed by atoms with Crippen molar-refractivity contribution in [1.82, 2.24) is 20.9 Å². The first kappa shape index (κ1) is 26.7. The molecule has 1 aromatic rings. The Hall–Kier alpha value is -1.29. The van der Waals surface area contributed by atoms with E-state index in [1.165, 1.54) is 0 Å². The fraction of sp³-hybridized carbons (Fsp3) is 0.632. The molecule has 1 atom stereocenters. The summed E-state index contributed by atoms with van der Waals surface area (Å²) in [5.41, 5.74) is 0.571. The van der Waals surface area contributed by atoms with E-state index in [0.29, 0.717) is 24.2 Å². The molecule has 0 spiro atoms. The number of carbonyl (C=O) groups excluding carboxylic acids is 1. The van der Waals surface area contributed by atoms with Crippen LogP contribution in [0.5, 0.6) is 0 Å². The molecule has 0 aliphatic rings. The first-order valence-electron chi connectivity index (χ1n) is 9.15. The topological polar surface area (TPSA) is 87.6 Å². The first-order valence-corrected chi connectivity index (χ1v) is 9.53. The molecule has 0 aliphatic carbocycles. The number of guanidine groups is 1. The van der Waals surface area contributed by atoms with Gasteiger partial charge in [0.2, 0.25) is 0 Å². The van der Waals surface area contributed by atoms with Gasteiger partial charge in [0.25, 0.3) is 0 Å². The maximum atomic E-state index is 12.0. The molecule has 7 nitrogen and oxygen atoms in total. The number of hydrogen-bond donors (Lipinski definition) is 3. The van der Waals surface area contributed by atoms with E-state index in [9.17, 15) is 4.79 Å². The molecule has 3 N–H and O–H groups in total. The molecular formula is C19H33ClIN5O2. The van der Waals surface area contributed by atoms with E-state index < -0.39 is 11.7 Å². The molecule has 0 radical (unpaired) electrons. The molecule has 0 fully saturated rings. The number of aromatic nitrogens is 1. The number of rotatable bonds is 7. The minimum absolute atomic E-state index is 0. The Labute approximate surface area is 190 Å². The van der Waals surface area contributed by atoms with E-state index in [0.717, 1.165) is 12.0 Å². The maximum absolute atomic E-state index is 12.0. The van der Waals surface area contributed by atoms with E-state index >= 15 is 0 Å². The summed E-state index contributed by atoms with van der Waals surface area (Å²) in [5.74, 6) is 0.914. The molecule has 1 unspecified atom stereocenters. The zero-order valence-electron chi connectivity index (χ0n) is 17.5. The number of aliphatic imine (C=N–C) groups is 1. The van der Waals surface area contributed by atoms with Gasteiger partial charge in [0, 0.05) is 26.3 Å². The smallest absolute Gasteiger partial charge is 0.407 e. The van der Waals surface area contributed by atoms with E-state index in [-0.39, 0.29) is 35.9 Å². The van der Waals surface area contributed by atoms with Gasteiger partial charge in [-0.1, -0.05) is 31.5 Å². The minimum Gasteiger partial charge on any atom is -0.444 e. The van der Waals surface area contributed by atoms with Gasteiger partial charge in [-0.25, -0.2) is 9.78 Å². The Morgan fingerprint density at radius 2 is 1.96 bits per heavy atom. The number of ether oxygens (including phenoxy) is 1. The monoisotopic (exact) mass is 525 g/mol. The van der Waals surface area contributed by atoms with Crippen molar-refractivity contribution in [2.75, 3.05) is 20.1 Å². The third-order valence-electron chi connectivity index (χ3n) is 3.71. The van der Waals surface area contributed by atoms with Crippen LogP contribution in [0.25, 0.3) is 0 Å². The highest BCUT2D eigenvalue weighted by Crippen LogP contribution is 2.08. The van der Waals surface area contributed by atoms with Gasteiger partial charge >= 0.3 is 6.09 Å². The number of alkyl carbamates (subject to hydrolysis) is 1. The Morgan fingerprint density at radius 1 is 1.29 bits per heavy atom. The van der Waals surface area contributed by atoms with Crippen LogP contribution < -0.4 is 16.0 Å². The molecule has 1 rings (SSSR count). The summed E-state index contributed by atoms with van der Waals surface area (Å²) in [6.07, 6.45) is 2.15. The van der Waals surface area contributed by atoms with E-state index in [1.54, 1.807) is 19.3 Å². The highest BCUT2D eigenvalue weighted by Gasteiger charge is 2.21. The summed E-state index contributed by atoms with van der Waals surface area (Å²) in [6.45, 7) is 10.9. The summed E-state index contributed by atoms with van der Waals surface area (Å²) in [4.78, 5) is 20.3. The fourth-order valence-electron chi connectivity index (χ4n) is 2.22. The number of nitrogens with one attached hydrogen (secondary N) is 3. The molecule has 9 heteroatoms. The summed E-state index contributed by atoms with van der Waals surface area (Å²) in [5, 5.41) is 9.90. The van der Waals surface area contributed by atoms with E-state index in [4.69, 9.17) is 16.3 Å². The number of nitrogens with zero attached hydrogens (tertiary/aromatic N) is 2.